The smallest absolute Gasteiger partial charge is 0.0510 e. The van der Waals surface area contributed by atoms with Gasteiger partial charge in [-0.1, -0.05) is 0 Å². The Balaban J connectivity index is 1.53. The molecule has 2 nitrogen and oxygen atoms in total. The molecule has 2 heteroatoms. The van der Waals surface area contributed by atoms with Gasteiger partial charge in [-0.25, -0.2) is 0 Å². The van der Waals surface area contributed by atoms with Gasteiger partial charge in [-0.15, -0.1) is 0 Å². The van der Waals surface area contributed by atoms with Crippen molar-refractivity contribution < 1.29 is 4.74 Å². The zero-order chi connectivity index (χ0) is 11.4. The Kier molecular flexibility index (Phi) is 2.52. The highest BCUT2D eigenvalue weighted by Gasteiger charge is 2.51. The predicted molar refractivity (Wildman–Crippen MR) is 67.4 cm³/mol. The van der Waals surface area contributed by atoms with E-state index < -0.39 is 0 Å². The summed E-state index contributed by atoms with van der Waals surface area (Å²) in [6.45, 7) is 1.88. The fourth-order valence-corrected chi connectivity index (χ4v) is 5.77. The van der Waals surface area contributed by atoms with E-state index in [1.165, 1.54) is 32.1 Å². The van der Waals surface area contributed by atoms with Crippen LogP contribution in [0.25, 0.3) is 0 Å². The van der Waals surface area contributed by atoms with Crippen LogP contribution in [0.3, 0.4) is 0 Å². The lowest BCUT2D eigenvalue weighted by molar-refractivity contribution is -0.0545. The second-order valence-corrected chi connectivity index (χ2v) is 7.21. The second kappa shape index (κ2) is 3.96. The van der Waals surface area contributed by atoms with Crippen molar-refractivity contribution in [2.45, 2.75) is 44.6 Å². The molecule has 4 saturated carbocycles. The summed E-state index contributed by atoms with van der Waals surface area (Å²) in [6, 6.07) is 0.438. The number of hydrogen-bond donors (Lipinski definition) is 1. The summed E-state index contributed by atoms with van der Waals surface area (Å²) >= 11 is 0. The van der Waals surface area contributed by atoms with E-state index in [4.69, 9.17) is 10.5 Å². The van der Waals surface area contributed by atoms with Crippen molar-refractivity contribution in [3.05, 3.63) is 0 Å². The minimum Gasteiger partial charge on any atom is -0.381 e. The Morgan fingerprint density at radius 1 is 0.941 bits per heavy atom. The van der Waals surface area contributed by atoms with E-state index in [1.807, 2.05) is 0 Å². The first kappa shape index (κ1) is 10.8. The molecule has 0 aromatic rings. The Morgan fingerprint density at radius 2 is 1.59 bits per heavy atom. The highest BCUT2D eigenvalue weighted by molar-refractivity contribution is 5.02. The largest absolute Gasteiger partial charge is 0.381 e. The van der Waals surface area contributed by atoms with Crippen LogP contribution < -0.4 is 5.73 Å². The topological polar surface area (TPSA) is 35.2 Å². The average Bonchev–Trinajstić information content (AvgIpc) is 2.80. The third-order valence-electron chi connectivity index (χ3n) is 6.25. The standard InChI is InChI=1S/C15H25NO/c16-15(11-1-2-17-8-11)14-12-4-9-3-10(6-12)7-13(14)5-9/h9-15H,1-8,16H2. The first-order valence-electron chi connectivity index (χ1n) is 7.64. The van der Waals surface area contributed by atoms with Gasteiger partial charge in [-0.3, -0.25) is 0 Å². The average molecular weight is 235 g/mol. The molecule has 4 bridgehead atoms. The fraction of sp³-hybridized carbons (Fsp3) is 1.00. The monoisotopic (exact) mass is 235 g/mol. The fourth-order valence-electron chi connectivity index (χ4n) is 5.77. The molecule has 0 amide bonds. The van der Waals surface area contributed by atoms with Gasteiger partial charge in [0.05, 0.1) is 6.61 Å². The maximum atomic E-state index is 6.62. The van der Waals surface area contributed by atoms with Gasteiger partial charge in [0.15, 0.2) is 0 Å². The lowest BCUT2D eigenvalue weighted by atomic mass is 9.50. The van der Waals surface area contributed by atoms with Crippen LogP contribution in [0.2, 0.25) is 0 Å². The molecule has 5 aliphatic rings. The van der Waals surface area contributed by atoms with E-state index in [1.54, 1.807) is 6.42 Å². The van der Waals surface area contributed by atoms with Crippen LogP contribution in [0.5, 0.6) is 0 Å². The molecular formula is C15H25NO. The summed E-state index contributed by atoms with van der Waals surface area (Å²) in [4.78, 5) is 0. The molecule has 2 atom stereocenters. The van der Waals surface area contributed by atoms with E-state index in [0.29, 0.717) is 12.0 Å². The second-order valence-electron chi connectivity index (χ2n) is 7.21. The Bertz CT molecular complexity index is 269. The first-order valence-corrected chi connectivity index (χ1v) is 7.64. The van der Waals surface area contributed by atoms with Crippen LogP contribution in [0.1, 0.15) is 38.5 Å². The van der Waals surface area contributed by atoms with Gasteiger partial charge >= 0.3 is 0 Å². The van der Waals surface area contributed by atoms with Crippen molar-refractivity contribution in [1.82, 2.24) is 0 Å². The van der Waals surface area contributed by atoms with E-state index in [2.05, 4.69) is 0 Å². The lowest BCUT2D eigenvalue weighted by Crippen LogP contribution is -2.53. The van der Waals surface area contributed by atoms with Gasteiger partial charge in [0.2, 0.25) is 0 Å². The normalized spacial score (nSPS) is 54.2. The van der Waals surface area contributed by atoms with Crippen molar-refractivity contribution in [1.29, 1.82) is 0 Å². The molecule has 1 saturated heterocycles. The molecule has 0 aromatic carbocycles. The summed E-state index contributed by atoms with van der Waals surface area (Å²) < 4.78 is 5.54. The van der Waals surface area contributed by atoms with E-state index >= 15 is 0 Å². The highest BCUT2D eigenvalue weighted by atomic mass is 16.5. The van der Waals surface area contributed by atoms with E-state index in [0.717, 1.165) is 42.8 Å². The summed E-state index contributed by atoms with van der Waals surface area (Å²) in [5.74, 6) is 5.59. The zero-order valence-electron chi connectivity index (χ0n) is 10.7. The zero-order valence-corrected chi connectivity index (χ0v) is 10.7. The van der Waals surface area contributed by atoms with Gasteiger partial charge in [-0.05, 0) is 74.0 Å². The van der Waals surface area contributed by atoms with E-state index in [-0.39, 0.29) is 0 Å². The maximum absolute atomic E-state index is 6.62. The maximum Gasteiger partial charge on any atom is 0.0510 e. The molecule has 1 heterocycles. The molecule has 0 radical (unpaired) electrons. The van der Waals surface area contributed by atoms with Gasteiger partial charge in [0, 0.05) is 12.6 Å². The van der Waals surface area contributed by atoms with Crippen molar-refractivity contribution >= 4 is 0 Å². The third-order valence-corrected chi connectivity index (χ3v) is 6.25. The lowest BCUT2D eigenvalue weighted by Gasteiger charge is -2.56. The molecule has 0 spiro atoms. The predicted octanol–water partition coefficient (Wildman–Crippen LogP) is 2.42. The number of hydrogen-bond acceptors (Lipinski definition) is 2. The van der Waals surface area contributed by atoms with Crippen molar-refractivity contribution in [2.24, 2.45) is 41.2 Å². The molecule has 2 unspecified atom stereocenters. The molecule has 5 fully saturated rings. The van der Waals surface area contributed by atoms with Gasteiger partial charge in [-0.2, -0.15) is 0 Å². The molecule has 0 aromatic heterocycles. The summed E-state index contributed by atoms with van der Waals surface area (Å²) in [5.41, 5.74) is 6.62. The summed E-state index contributed by atoms with van der Waals surface area (Å²) in [5, 5.41) is 0. The Labute approximate surface area is 104 Å². The van der Waals surface area contributed by atoms with Crippen LogP contribution >= 0.6 is 0 Å². The quantitative estimate of drug-likeness (QED) is 0.798. The SMILES string of the molecule is NC(C1CCOC1)C1C2CC3CC(C2)CC1C3. The van der Waals surface area contributed by atoms with Crippen LogP contribution in [-0.4, -0.2) is 19.3 Å². The summed E-state index contributed by atoms with van der Waals surface area (Å²) in [6.07, 6.45) is 8.75. The third kappa shape index (κ3) is 1.67. The number of nitrogens with two attached hydrogens (primary N) is 1. The molecule has 2 N–H and O–H groups in total. The first-order chi connectivity index (χ1) is 8.31. The Morgan fingerprint density at radius 3 is 2.12 bits per heavy atom. The molecule has 4 aliphatic carbocycles. The molecule has 5 rings (SSSR count). The Hall–Kier alpha value is -0.0800. The number of ether oxygens (including phenoxy) is 1. The minimum atomic E-state index is 0.438. The minimum absolute atomic E-state index is 0.438. The van der Waals surface area contributed by atoms with Gasteiger partial charge in [0.25, 0.3) is 0 Å². The van der Waals surface area contributed by atoms with Crippen LogP contribution in [-0.2, 0) is 4.74 Å². The van der Waals surface area contributed by atoms with Crippen LogP contribution in [0.4, 0.5) is 0 Å². The highest BCUT2D eigenvalue weighted by Crippen LogP contribution is 2.57. The van der Waals surface area contributed by atoms with Crippen molar-refractivity contribution in [3.63, 3.8) is 0 Å². The van der Waals surface area contributed by atoms with Crippen molar-refractivity contribution in [3.8, 4) is 0 Å². The van der Waals surface area contributed by atoms with Gasteiger partial charge in [0.1, 0.15) is 0 Å². The number of rotatable bonds is 2. The van der Waals surface area contributed by atoms with E-state index in [9.17, 15) is 0 Å². The molecule has 1 aliphatic heterocycles. The summed E-state index contributed by atoms with van der Waals surface area (Å²) in [7, 11) is 0. The van der Waals surface area contributed by atoms with Crippen LogP contribution in [0, 0.1) is 35.5 Å². The molecule has 17 heavy (non-hydrogen) atoms. The molecule has 96 valence electrons. The van der Waals surface area contributed by atoms with Gasteiger partial charge < -0.3 is 10.5 Å². The van der Waals surface area contributed by atoms with Crippen LogP contribution in [0.15, 0.2) is 0 Å². The molecular weight excluding hydrogens is 210 g/mol. The van der Waals surface area contributed by atoms with Crippen molar-refractivity contribution in [2.75, 3.05) is 13.2 Å².